The van der Waals surface area contributed by atoms with Gasteiger partial charge >= 0.3 is 5.69 Å². The number of fused-ring (bicyclic) bond motifs is 1. The number of hydrogen-bond donors (Lipinski definition) is 2. The molecule has 4 rings (SSSR count). The molecule has 1 unspecified atom stereocenters. The summed E-state index contributed by atoms with van der Waals surface area (Å²) in [5, 5.41) is 4.10. The molecule has 3 heterocycles. The van der Waals surface area contributed by atoms with Crippen molar-refractivity contribution in [2.45, 2.75) is 23.2 Å². The van der Waals surface area contributed by atoms with Gasteiger partial charge in [0.05, 0.1) is 6.54 Å². The fourth-order valence-electron chi connectivity index (χ4n) is 3.20. The van der Waals surface area contributed by atoms with Gasteiger partial charge in [0.15, 0.2) is 5.25 Å². The van der Waals surface area contributed by atoms with E-state index in [9.17, 15) is 19.2 Å². The Morgan fingerprint density at radius 2 is 1.81 bits per heavy atom. The van der Waals surface area contributed by atoms with E-state index in [2.05, 4.69) is 15.6 Å². The number of aromatic nitrogens is 3. The zero-order valence-corrected chi connectivity index (χ0v) is 17.4. The Labute approximate surface area is 181 Å². The van der Waals surface area contributed by atoms with Crippen molar-refractivity contribution in [3.63, 3.8) is 0 Å². The van der Waals surface area contributed by atoms with Gasteiger partial charge in [-0.25, -0.2) is 4.79 Å². The van der Waals surface area contributed by atoms with Crippen molar-refractivity contribution in [3.05, 3.63) is 86.8 Å². The Kier molecular flexibility index (Phi) is 5.72. The summed E-state index contributed by atoms with van der Waals surface area (Å²) in [5.41, 5.74) is 0.531. The van der Waals surface area contributed by atoms with Crippen LogP contribution in [0.3, 0.4) is 0 Å². The SMILES string of the molecule is Cn1c2c(c(=O)n(Cc3ccccc3)c1=O)SC(C(=O)NCc1ccncc1)C(=O)N2. The highest BCUT2D eigenvalue weighted by molar-refractivity contribution is 8.01. The summed E-state index contributed by atoms with van der Waals surface area (Å²) in [6.07, 6.45) is 3.21. The lowest BCUT2D eigenvalue weighted by Gasteiger charge is -2.25. The minimum Gasteiger partial charge on any atom is -0.351 e. The molecule has 0 aliphatic carbocycles. The number of carbonyl (C=O) groups is 2. The summed E-state index contributed by atoms with van der Waals surface area (Å²) < 4.78 is 2.32. The Morgan fingerprint density at radius 1 is 1.10 bits per heavy atom. The third-order valence-corrected chi connectivity index (χ3v) is 6.13. The Bertz CT molecular complexity index is 1250. The monoisotopic (exact) mass is 437 g/mol. The van der Waals surface area contributed by atoms with Crippen molar-refractivity contribution in [3.8, 4) is 0 Å². The van der Waals surface area contributed by atoms with E-state index in [-0.39, 0.29) is 23.8 Å². The smallest absolute Gasteiger partial charge is 0.332 e. The van der Waals surface area contributed by atoms with Crippen molar-refractivity contribution in [2.24, 2.45) is 7.05 Å². The van der Waals surface area contributed by atoms with E-state index >= 15 is 0 Å². The number of rotatable bonds is 5. The Balaban J connectivity index is 1.62. The number of hydrogen-bond acceptors (Lipinski definition) is 6. The van der Waals surface area contributed by atoms with Gasteiger partial charge in [0, 0.05) is 26.0 Å². The van der Waals surface area contributed by atoms with Gasteiger partial charge < -0.3 is 10.6 Å². The summed E-state index contributed by atoms with van der Waals surface area (Å²) in [5.74, 6) is -1.000. The van der Waals surface area contributed by atoms with Gasteiger partial charge in [-0.1, -0.05) is 42.1 Å². The predicted molar refractivity (Wildman–Crippen MR) is 116 cm³/mol. The highest BCUT2D eigenvalue weighted by atomic mass is 32.2. The molecule has 1 aliphatic rings. The second-order valence-electron chi connectivity index (χ2n) is 6.96. The number of anilines is 1. The third-order valence-electron chi connectivity index (χ3n) is 4.86. The van der Waals surface area contributed by atoms with E-state index in [1.54, 1.807) is 24.5 Å². The van der Waals surface area contributed by atoms with Crippen molar-refractivity contribution in [2.75, 3.05) is 5.32 Å². The fraction of sp³-hybridized carbons (Fsp3) is 0.190. The van der Waals surface area contributed by atoms with Crippen LogP contribution >= 0.6 is 11.8 Å². The number of benzene rings is 1. The summed E-state index contributed by atoms with van der Waals surface area (Å²) >= 11 is 0.853. The van der Waals surface area contributed by atoms with Crippen molar-refractivity contribution in [1.82, 2.24) is 19.4 Å². The third kappa shape index (κ3) is 4.15. The summed E-state index contributed by atoms with van der Waals surface area (Å²) in [6.45, 7) is 0.317. The molecule has 2 amide bonds. The van der Waals surface area contributed by atoms with Crippen LogP contribution in [0.1, 0.15) is 11.1 Å². The molecule has 0 fully saturated rings. The van der Waals surface area contributed by atoms with Crippen LogP contribution in [0.5, 0.6) is 0 Å². The quantitative estimate of drug-likeness (QED) is 0.569. The standard InChI is InChI=1S/C21H19N5O4S/c1-25-17-15(20(29)26(21(25)30)12-14-5-3-2-4-6-14)31-16(19(28)24-17)18(27)23-11-13-7-9-22-10-8-13/h2-10,16H,11-12H2,1H3,(H,23,27)(H,24,28). The largest absolute Gasteiger partial charge is 0.351 e. The fourth-order valence-corrected chi connectivity index (χ4v) is 4.30. The molecule has 31 heavy (non-hydrogen) atoms. The second-order valence-corrected chi connectivity index (χ2v) is 8.07. The van der Waals surface area contributed by atoms with Crippen molar-refractivity contribution >= 4 is 29.4 Å². The molecule has 2 aromatic heterocycles. The Morgan fingerprint density at radius 3 is 2.52 bits per heavy atom. The van der Waals surface area contributed by atoms with Crippen LogP contribution in [0.25, 0.3) is 0 Å². The van der Waals surface area contributed by atoms with Crippen LogP contribution in [0.4, 0.5) is 5.82 Å². The number of pyridine rings is 1. The van der Waals surface area contributed by atoms with Crippen LogP contribution in [0.15, 0.2) is 69.3 Å². The summed E-state index contributed by atoms with van der Waals surface area (Å²) in [6, 6.07) is 12.6. The average Bonchev–Trinajstić information content (AvgIpc) is 2.80. The summed E-state index contributed by atoms with van der Waals surface area (Å²) in [7, 11) is 1.48. The van der Waals surface area contributed by atoms with Crippen molar-refractivity contribution in [1.29, 1.82) is 0 Å². The molecule has 0 saturated carbocycles. The zero-order valence-electron chi connectivity index (χ0n) is 16.6. The van der Waals surface area contributed by atoms with Crippen LogP contribution in [0.2, 0.25) is 0 Å². The normalized spacial score (nSPS) is 15.1. The maximum absolute atomic E-state index is 13.1. The molecule has 0 spiro atoms. The lowest BCUT2D eigenvalue weighted by atomic mass is 10.2. The number of carbonyl (C=O) groups excluding carboxylic acids is 2. The van der Waals surface area contributed by atoms with E-state index in [1.165, 1.54) is 11.6 Å². The van der Waals surface area contributed by atoms with Crippen LogP contribution in [-0.2, 0) is 29.7 Å². The topological polar surface area (TPSA) is 115 Å². The van der Waals surface area contributed by atoms with Gasteiger partial charge in [-0.15, -0.1) is 0 Å². The maximum atomic E-state index is 13.1. The lowest BCUT2D eigenvalue weighted by Crippen LogP contribution is -2.48. The molecule has 158 valence electrons. The van der Waals surface area contributed by atoms with E-state index in [4.69, 9.17) is 0 Å². The van der Waals surface area contributed by atoms with Crippen LogP contribution in [0, 0.1) is 0 Å². The molecule has 10 heteroatoms. The van der Waals surface area contributed by atoms with E-state index in [0.29, 0.717) is 0 Å². The first-order chi connectivity index (χ1) is 15.0. The average molecular weight is 437 g/mol. The molecular formula is C21H19N5O4S. The number of amides is 2. The lowest BCUT2D eigenvalue weighted by molar-refractivity contribution is -0.126. The number of thioether (sulfide) groups is 1. The van der Waals surface area contributed by atoms with Gasteiger partial charge in [-0.2, -0.15) is 0 Å². The first-order valence-corrected chi connectivity index (χ1v) is 10.4. The molecule has 2 N–H and O–H groups in total. The molecule has 9 nitrogen and oxygen atoms in total. The van der Waals surface area contributed by atoms with E-state index < -0.39 is 28.3 Å². The van der Waals surface area contributed by atoms with Crippen LogP contribution < -0.4 is 21.9 Å². The van der Waals surface area contributed by atoms with E-state index in [1.807, 2.05) is 30.3 Å². The summed E-state index contributed by atoms with van der Waals surface area (Å²) in [4.78, 5) is 55.1. The van der Waals surface area contributed by atoms with Crippen molar-refractivity contribution < 1.29 is 9.59 Å². The minimum atomic E-state index is -1.15. The van der Waals surface area contributed by atoms with Crippen LogP contribution in [-0.4, -0.2) is 31.2 Å². The maximum Gasteiger partial charge on any atom is 0.332 e. The molecule has 3 aromatic rings. The predicted octanol–water partition coefficient (Wildman–Crippen LogP) is 0.719. The molecule has 0 bridgehead atoms. The molecule has 1 atom stereocenters. The molecule has 1 aliphatic heterocycles. The van der Waals surface area contributed by atoms with Gasteiger partial charge in [-0.3, -0.25) is 28.5 Å². The number of nitrogens with one attached hydrogen (secondary N) is 2. The zero-order chi connectivity index (χ0) is 22.0. The Hall–Kier alpha value is -3.66. The molecular weight excluding hydrogens is 418 g/mol. The van der Waals surface area contributed by atoms with Gasteiger partial charge in [0.2, 0.25) is 11.8 Å². The van der Waals surface area contributed by atoms with Gasteiger partial charge in [-0.05, 0) is 23.3 Å². The van der Waals surface area contributed by atoms with Gasteiger partial charge in [0.25, 0.3) is 5.56 Å². The highest BCUT2D eigenvalue weighted by Gasteiger charge is 2.36. The number of nitrogens with zero attached hydrogens (tertiary/aromatic N) is 3. The highest BCUT2D eigenvalue weighted by Crippen LogP contribution is 2.32. The van der Waals surface area contributed by atoms with Gasteiger partial charge in [0.1, 0.15) is 10.7 Å². The van der Waals surface area contributed by atoms with E-state index in [0.717, 1.165) is 27.5 Å². The second kappa shape index (κ2) is 8.60. The first-order valence-electron chi connectivity index (χ1n) is 9.47. The first kappa shape index (κ1) is 20.6. The molecule has 0 saturated heterocycles. The minimum absolute atomic E-state index is 0.0903. The molecule has 1 aromatic carbocycles. The molecule has 0 radical (unpaired) electrons.